The fourth-order valence-electron chi connectivity index (χ4n) is 2.98. The molecule has 0 spiro atoms. The summed E-state index contributed by atoms with van der Waals surface area (Å²) in [6.07, 6.45) is 4.42. The first-order valence-electron chi connectivity index (χ1n) is 6.97. The van der Waals surface area contributed by atoms with Crippen molar-refractivity contribution >= 4 is 29.1 Å². The van der Waals surface area contributed by atoms with Crippen LogP contribution in [0.2, 0.25) is 10.0 Å². The van der Waals surface area contributed by atoms with E-state index in [9.17, 15) is 4.79 Å². The van der Waals surface area contributed by atoms with E-state index in [2.05, 4.69) is 0 Å². The lowest BCUT2D eigenvalue weighted by Crippen LogP contribution is -2.46. The summed E-state index contributed by atoms with van der Waals surface area (Å²) in [5.41, 5.74) is 6.30. The number of carbonyl (C=O) groups is 1. The van der Waals surface area contributed by atoms with Crippen LogP contribution in [-0.2, 0) is 0 Å². The van der Waals surface area contributed by atoms with Crippen molar-refractivity contribution in [1.29, 1.82) is 0 Å². The van der Waals surface area contributed by atoms with Crippen molar-refractivity contribution < 1.29 is 4.79 Å². The highest BCUT2D eigenvalue weighted by Gasteiger charge is 2.31. The molecule has 0 radical (unpaired) electrons. The number of hydrogen-bond acceptors (Lipinski definition) is 2. The molecule has 1 aliphatic carbocycles. The molecule has 1 saturated carbocycles. The van der Waals surface area contributed by atoms with Gasteiger partial charge in [0.2, 0.25) is 0 Å². The first kappa shape index (κ1) is 15.6. The van der Waals surface area contributed by atoms with Crippen LogP contribution in [-0.4, -0.2) is 30.4 Å². The van der Waals surface area contributed by atoms with Crippen molar-refractivity contribution in [1.82, 2.24) is 4.90 Å². The van der Waals surface area contributed by atoms with Crippen LogP contribution >= 0.6 is 23.2 Å². The third kappa shape index (κ3) is 3.11. The summed E-state index contributed by atoms with van der Waals surface area (Å²) in [6.45, 7) is 0.617. The predicted octanol–water partition coefficient (Wildman–Crippen LogP) is 3.58. The van der Waals surface area contributed by atoms with E-state index in [1.165, 1.54) is 6.42 Å². The third-order valence-electron chi connectivity index (χ3n) is 4.17. The molecular formula is C15H20Cl2N2O. The largest absolute Gasteiger partial charge is 0.338 e. The average Bonchev–Trinajstić information content (AvgIpc) is 2.48. The van der Waals surface area contributed by atoms with Gasteiger partial charge in [-0.05, 0) is 37.4 Å². The van der Waals surface area contributed by atoms with Crippen LogP contribution in [0, 0.1) is 5.92 Å². The molecule has 110 valence electrons. The van der Waals surface area contributed by atoms with Crippen LogP contribution in [0.1, 0.15) is 36.0 Å². The fourth-order valence-corrected chi connectivity index (χ4v) is 3.36. The van der Waals surface area contributed by atoms with E-state index >= 15 is 0 Å². The molecule has 1 aromatic rings. The molecule has 0 saturated heterocycles. The molecule has 2 rings (SSSR count). The molecule has 2 unspecified atom stereocenters. The van der Waals surface area contributed by atoms with Gasteiger partial charge in [0.15, 0.2) is 0 Å². The third-order valence-corrected chi connectivity index (χ3v) is 4.99. The lowest BCUT2D eigenvalue weighted by Gasteiger charge is -2.37. The molecule has 0 bridgehead atoms. The molecule has 0 aromatic heterocycles. The van der Waals surface area contributed by atoms with Crippen LogP contribution in [0.25, 0.3) is 0 Å². The zero-order chi connectivity index (χ0) is 14.7. The fraction of sp³-hybridized carbons (Fsp3) is 0.533. The summed E-state index contributed by atoms with van der Waals surface area (Å²) in [7, 11) is 1.83. The monoisotopic (exact) mass is 314 g/mol. The Morgan fingerprint density at radius 2 is 2.05 bits per heavy atom. The molecule has 1 aromatic carbocycles. The molecule has 2 N–H and O–H groups in total. The van der Waals surface area contributed by atoms with E-state index in [0.29, 0.717) is 28.1 Å². The Kier molecular flexibility index (Phi) is 5.30. The number of nitrogens with zero attached hydrogens (tertiary/aromatic N) is 1. The minimum Gasteiger partial charge on any atom is -0.338 e. The molecule has 3 nitrogen and oxygen atoms in total. The highest BCUT2D eigenvalue weighted by Crippen LogP contribution is 2.31. The second-order valence-electron chi connectivity index (χ2n) is 5.37. The van der Waals surface area contributed by atoms with Gasteiger partial charge >= 0.3 is 0 Å². The van der Waals surface area contributed by atoms with Crippen molar-refractivity contribution in [3.63, 3.8) is 0 Å². The lowest BCUT2D eigenvalue weighted by atomic mass is 9.83. The van der Waals surface area contributed by atoms with Gasteiger partial charge in [0.1, 0.15) is 0 Å². The quantitative estimate of drug-likeness (QED) is 0.926. The van der Waals surface area contributed by atoms with Crippen LogP contribution in [0.5, 0.6) is 0 Å². The highest BCUT2D eigenvalue weighted by atomic mass is 35.5. The molecule has 1 fully saturated rings. The Hall–Kier alpha value is -0.770. The van der Waals surface area contributed by atoms with E-state index in [1.54, 1.807) is 23.1 Å². The first-order chi connectivity index (χ1) is 9.56. The van der Waals surface area contributed by atoms with Crippen molar-refractivity contribution in [2.75, 3.05) is 13.6 Å². The standard InChI is InChI=1S/C15H20Cl2N2O/c1-19(13-8-3-2-5-10(13)9-18)15(20)11-6-4-7-12(16)14(11)17/h4,6-7,10,13H,2-3,5,8-9,18H2,1H3. The molecule has 20 heavy (non-hydrogen) atoms. The van der Waals surface area contributed by atoms with Crippen molar-refractivity contribution in [3.05, 3.63) is 33.8 Å². The maximum absolute atomic E-state index is 12.6. The number of rotatable bonds is 3. The van der Waals surface area contributed by atoms with Crippen LogP contribution in [0.3, 0.4) is 0 Å². The first-order valence-corrected chi connectivity index (χ1v) is 7.73. The maximum Gasteiger partial charge on any atom is 0.255 e. The van der Waals surface area contributed by atoms with Crippen LogP contribution in [0.15, 0.2) is 18.2 Å². The minimum absolute atomic E-state index is 0.0807. The SMILES string of the molecule is CN(C(=O)c1cccc(Cl)c1Cl)C1CCCCC1CN. The summed E-state index contributed by atoms with van der Waals surface area (Å²) < 4.78 is 0. The number of nitrogens with two attached hydrogens (primary N) is 1. The summed E-state index contributed by atoms with van der Waals surface area (Å²) in [5, 5.41) is 0.732. The second kappa shape index (κ2) is 6.79. The number of hydrogen-bond donors (Lipinski definition) is 1. The Bertz CT molecular complexity index is 493. The summed E-state index contributed by atoms with van der Waals surface area (Å²) in [6, 6.07) is 5.34. The molecule has 0 aliphatic heterocycles. The Morgan fingerprint density at radius 3 is 2.75 bits per heavy atom. The topological polar surface area (TPSA) is 46.3 Å². The van der Waals surface area contributed by atoms with Gasteiger partial charge in [-0.2, -0.15) is 0 Å². The zero-order valence-electron chi connectivity index (χ0n) is 11.6. The molecule has 1 aliphatic rings. The molecule has 1 amide bonds. The van der Waals surface area contributed by atoms with Gasteiger partial charge in [-0.3, -0.25) is 4.79 Å². The molecular weight excluding hydrogens is 295 g/mol. The summed E-state index contributed by atoms with van der Waals surface area (Å²) >= 11 is 12.1. The van der Waals surface area contributed by atoms with Gasteiger partial charge in [0.05, 0.1) is 15.6 Å². The van der Waals surface area contributed by atoms with E-state index in [4.69, 9.17) is 28.9 Å². The van der Waals surface area contributed by atoms with Gasteiger partial charge in [-0.25, -0.2) is 0 Å². The lowest BCUT2D eigenvalue weighted by molar-refractivity contribution is 0.0620. The number of carbonyl (C=O) groups excluding carboxylic acids is 1. The predicted molar refractivity (Wildman–Crippen MR) is 83.4 cm³/mol. The van der Waals surface area contributed by atoms with Crippen molar-refractivity contribution in [2.45, 2.75) is 31.7 Å². The zero-order valence-corrected chi connectivity index (χ0v) is 13.1. The number of benzene rings is 1. The van der Waals surface area contributed by atoms with E-state index in [1.807, 2.05) is 7.05 Å². The van der Waals surface area contributed by atoms with Gasteiger partial charge in [-0.15, -0.1) is 0 Å². The maximum atomic E-state index is 12.6. The summed E-state index contributed by atoms with van der Waals surface area (Å²) in [4.78, 5) is 14.4. The minimum atomic E-state index is -0.0807. The highest BCUT2D eigenvalue weighted by molar-refractivity contribution is 6.43. The van der Waals surface area contributed by atoms with Crippen molar-refractivity contribution in [3.8, 4) is 0 Å². The Morgan fingerprint density at radius 1 is 1.35 bits per heavy atom. The van der Waals surface area contributed by atoms with Gasteiger partial charge in [0.25, 0.3) is 5.91 Å². The van der Waals surface area contributed by atoms with Gasteiger partial charge in [0, 0.05) is 13.1 Å². The Labute approximate surface area is 130 Å². The number of halogens is 2. The summed E-state index contributed by atoms with van der Waals surface area (Å²) in [5.74, 6) is 0.290. The van der Waals surface area contributed by atoms with E-state index in [0.717, 1.165) is 19.3 Å². The average molecular weight is 315 g/mol. The molecule has 2 atom stereocenters. The molecule has 0 heterocycles. The second-order valence-corrected chi connectivity index (χ2v) is 6.15. The molecule has 5 heteroatoms. The van der Waals surface area contributed by atoms with Crippen LogP contribution in [0.4, 0.5) is 0 Å². The van der Waals surface area contributed by atoms with Gasteiger partial charge in [-0.1, -0.05) is 42.1 Å². The van der Waals surface area contributed by atoms with Crippen molar-refractivity contribution in [2.24, 2.45) is 11.7 Å². The van der Waals surface area contributed by atoms with Crippen LogP contribution < -0.4 is 5.73 Å². The smallest absolute Gasteiger partial charge is 0.255 e. The van der Waals surface area contributed by atoms with E-state index in [-0.39, 0.29) is 11.9 Å². The van der Waals surface area contributed by atoms with E-state index < -0.39 is 0 Å². The normalized spacial score (nSPS) is 22.6. The van der Waals surface area contributed by atoms with Gasteiger partial charge < -0.3 is 10.6 Å². The number of amides is 1. The Balaban J connectivity index is 2.21.